The zero-order valence-electron chi connectivity index (χ0n) is 36.2. The molecule has 1 aromatic rings. The maximum absolute atomic E-state index is 12.8. The Labute approximate surface area is 366 Å². The van der Waals surface area contributed by atoms with Crippen molar-refractivity contribution in [2.24, 2.45) is 0 Å². The minimum atomic E-state index is -1.74. The Morgan fingerprint density at radius 3 is 1.64 bits per heavy atom. The van der Waals surface area contributed by atoms with E-state index in [2.05, 4.69) is 0 Å². The van der Waals surface area contributed by atoms with Gasteiger partial charge in [-0.3, -0.25) is 33.6 Å². The van der Waals surface area contributed by atoms with Gasteiger partial charge in [0.25, 0.3) is 0 Å². The highest BCUT2D eigenvalue weighted by Crippen LogP contribution is 2.40. The zero-order chi connectivity index (χ0) is 46.4. The fourth-order valence-electron chi connectivity index (χ4n) is 7.94. The SMILES string of the molecule is CC(=O)OC[C@H]1O[C@@H](O[C@@H]2[C@H]3OC(C)O[C@H]3O[C@H](CO[C@@H]3O[C@@H]4CO[C@@H](c5ccccc5)O[C@H]4[C@H](OC(C)=O)[C@H]3OC(C)=O)[C@H]2OC(C)=O)[C@H](OC(C)=O)[C@@H](OC(C)=O)[C@@H]1OC(C)=O. The van der Waals surface area contributed by atoms with Gasteiger partial charge in [0.05, 0.1) is 13.2 Å². The van der Waals surface area contributed by atoms with Crippen molar-refractivity contribution in [3.8, 4) is 0 Å². The summed E-state index contributed by atoms with van der Waals surface area (Å²) in [6.45, 7) is 8.15. The Morgan fingerprint density at radius 1 is 0.516 bits per heavy atom. The van der Waals surface area contributed by atoms with Crippen LogP contribution in [0.15, 0.2) is 30.3 Å². The molecule has 0 aromatic heterocycles. The van der Waals surface area contributed by atoms with Gasteiger partial charge < -0.3 is 75.8 Å². The van der Waals surface area contributed by atoms with E-state index in [1.807, 2.05) is 6.07 Å². The predicted octanol–water partition coefficient (Wildman–Crippen LogP) is 0.592. The first-order chi connectivity index (χ1) is 30.4. The Morgan fingerprint density at radius 2 is 1.05 bits per heavy atom. The summed E-state index contributed by atoms with van der Waals surface area (Å²) in [6.07, 6.45) is -22.5. The molecule has 23 heteroatoms. The minimum Gasteiger partial charge on any atom is -0.463 e. The molecule has 354 valence electrons. The van der Waals surface area contributed by atoms with Crippen molar-refractivity contribution in [3.63, 3.8) is 0 Å². The maximum atomic E-state index is 12.8. The standard InChI is InChI=1S/C41H52O23/c1-17(42)49-14-26-29(52-18(2)43)32(54-20(4)45)36(57-23(7)48)41(62-26)64-34-30(53-19(3)44)27(61-40-37(34)58-24(8)59-40)16-51-39-35(56-22(6)47)33(55-21(5)46)31-28(60-39)15-50-38(63-31)25-12-10-9-11-13-25/h9-13,24,26-41H,14-16H2,1-8H3/t24?,26-,27-,28-,29-,30-,31-,32+,33+,34+,35-,36-,37-,38-,39-,40+,41+/m1/s1. The van der Waals surface area contributed by atoms with Crippen LogP contribution in [0.3, 0.4) is 0 Å². The lowest BCUT2D eigenvalue weighted by molar-refractivity contribution is -0.370. The molecule has 1 aromatic carbocycles. The van der Waals surface area contributed by atoms with E-state index in [-0.39, 0.29) is 6.61 Å². The molecule has 0 N–H and O–H groups in total. The van der Waals surface area contributed by atoms with Gasteiger partial charge in [-0.15, -0.1) is 0 Å². The van der Waals surface area contributed by atoms with Gasteiger partial charge in [-0.2, -0.15) is 0 Å². The molecule has 6 rings (SSSR count). The molecule has 0 aliphatic carbocycles. The molecule has 23 nitrogen and oxygen atoms in total. The lowest BCUT2D eigenvalue weighted by Crippen LogP contribution is -2.67. The third-order valence-electron chi connectivity index (χ3n) is 10.2. The minimum absolute atomic E-state index is 0.0661. The van der Waals surface area contributed by atoms with Crippen LogP contribution in [-0.4, -0.2) is 160 Å². The average molecular weight is 913 g/mol. The van der Waals surface area contributed by atoms with Gasteiger partial charge in [0.15, 0.2) is 68.1 Å². The van der Waals surface area contributed by atoms with Gasteiger partial charge in [0.1, 0.15) is 43.2 Å². The van der Waals surface area contributed by atoms with E-state index in [1.54, 1.807) is 31.2 Å². The maximum Gasteiger partial charge on any atom is 0.303 e. The molecule has 0 saturated carbocycles. The van der Waals surface area contributed by atoms with Gasteiger partial charge in [-0.05, 0) is 6.92 Å². The number of esters is 7. The van der Waals surface area contributed by atoms with Crippen LogP contribution in [0.25, 0.3) is 0 Å². The van der Waals surface area contributed by atoms with Crippen LogP contribution in [0, 0.1) is 0 Å². The lowest BCUT2D eigenvalue weighted by Gasteiger charge is -2.49. The molecular formula is C41H52O23. The second kappa shape index (κ2) is 21.4. The van der Waals surface area contributed by atoms with E-state index < -0.39 is 160 Å². The van der Waals surface area contributed by atoms with Crippen LogP contribution in [0.4, 0.5) is 0 Å². The second-order valence-corrected chi connectivity index (χ2v) is 15.3. The van der Waals surface area contributed by atoms with E-state index in [4.69, 9.17) is 75.8 Å². The van der Waals surface area contributed by atoms with Crippen LogP contribution < -0.4 is 0 Å². The Bertz CT molecular complexity index is 1840. The first-order valence-electron chi connectivity index (χ1n) is 20.4. The molecule has 5 fully saturated rings. The topological polar surface area (TPSA) is 267 Å². The van der Waals surface area contributed by atoms with Crippen molar-refractivity contribution in [2.45, 2.75) is 160 Å². The fraction of sp³-hybridized carbons (Fsp3) is 0.683. The number of hydrogen-bond donors (Lipinski definition) is 0. The lowest BCUT2D eigenvalue weighted by atomic mass is 9.95. The van der Waals surface area contributed by atoms with Gasteiger partial charge in [-0.25, -0.2) is 0 Å². The third kappa shape index (κ3) is 12.1. The number of ether oxygens (including phenoxy) is 16. The molecule has 17 atom stereocenters. The number of carbonyl (C=O) groups is 7. The smallest absolute Gasteiger partial charge is 0.303 e. The summed E-state index contributed by atoms with van der Waals surface area (Å²) >= 11 is 0. The summed E-state index contributed by atoms with van der Waals surface area (Å²) in [4.78, 5) is 87.2. The number of carbonyl (C=O) groups excluding carboxylic acids is 7. The molecule has 5 saturated heterocycles. The highest BCUT2D eigenvalue weighted by Gasteiger charge is 2.60. The predicted molar refractivity (Wildman–Crippen MR) is 202 cm³/mol. The number of hydrogen-bond acceptors (Lipinski definition) is 23. The average Bonchev–Trinajstić information content (AvgIpc) is 3.59. The van der Waals surface area contributed by atoms with Crippen molar-refractivity contribution in [3.05, 3.63) is 35.9 Å². The van der Waals surface area contributed by atoms with Crippen molar-refractivity contribution >= 4 is 41.8 Å². The number of benzene rings is 1. The first-order valence-corrected chi connectivity index (χ1v) is 20.4. The second-order valence-electron chi connectivity index (χ2n) is 15.3. The largest absolute Gasteiger partial charge is 0.463 e. The summed E-state index contributed by atoms with van der Waals surface area (Å²) < 4.78 is 94.6. The van der Waals surface area contributed by atoms with Gasteiger partial charge in [0.2, 0.25) is 0 Å². The van der Waals surface area contributed by atoms with Crippen LogP contribution in [-0.2, 0) is 109 Å². The molecule has 0 bridgehead atoms. The normalized spacial score (nSPS) is 36.8. The first kappa shape index (κ1) is 48.6. The van der Waals surface area contributed by atoms with Gasteiger partial charge >= 0.3 is 41.8 Å². The van der Waals surface area contributed by atoms with Gasteiger partial charge in [-0.1, -0.05) is 30.3 Å². The van der Waals surface area contributed by atoms with Crippen LogP contribution in [0.1, 0.15) is 67.2 Å². The molecular weight excluding hydrogens is 860 g/mol. The third-order valence-corrected chi connectivity index (χ3v) is 10.2. The fourth-order valence-corrected chi connectivity index (χ4v) is 7.94. The Balaban J connectivity index is 1.31. The molecule has 1 unspecified atom stereocenters. The summed E-state index contributed by atoms with van der Waals surface area (Å²) in [7, 11) is 0. The highest BCUT2D eigenvalue weighted by atomic mass is 16.8. The quantitative estimate of drug-likeness (QED) is 0.183. The molecule has 0 amide bonds. The molecule has 0 spiro atoms. The van der Waals surface area contributed by atoms with E-state index in [0.717, 1.165) is 41.5 Å². The molecule has 0 radical (unpaired) electrons. The van der Waals surface area contributed by atoms with Crippen LogP contribution >= 0.6 is 0 Å². The van der Waals surface area contributed by atoms with Crippen LogP contribution in [0.5, 0.6) is 0 Å². The molecule has 5 aliphatic rings. The summed E-state index contributed by atoms with van der Waals surface area (Å²) in [5.41, 5.74) is 0.669. The van der Waals surface area contributed by atoms with Crippen molar-refractivity contribution in [1.82, 2.24) is 0 Å². The summed E-state index contributed by atoms with van der Waals surface area (Å²) in [5, 5.41) is 0. The summed E-state index contributed by atoms with van der Waals surface area (Å²) in [5.74, 6) is -5.68. The van der Waals surface area contributed by atoms with Crippen LogP contribution in [0.2, 0.25) is 0 Å². The van der Waals surface area contributed by atoms with E-state index >= 15 is 0 Å². The van der Waals surface area contributed by atoms with Crippen molar-refractivity contribution in [1.29, 1.82) is 0 Å². The van der Waals surface area contributed by atoms with E-state index in [1.165, 1.54) is 6.92 Å². The zero-order valence-corrected chi connectivity index (χ0v) is 36.2. The number of rotatable bonds is 14. The van der Waals surface area contributed by atoms with E-state index in [9.17, 15) is 33.6 Å². The Hall–Kier alpha value is -4.85. The van der Waals surface area contributed by atoms with Crippen molar-refractivity contribution in [2.75, 3.05) is 19.8 Å². The van der Waals surface area contributed by atoms with Crippen molar-refractivity contribution < 1.29 is 109 Å². The molecule has 5 heterocycles. The van der Waals surface area contributed by atoms with Gasteiger partial charge in [0, 0.05) is 54.0 Å². The molecule has 5 aliphatic heterocycles. The number of fused-ring (bicyclic) bond motifs is 2. The van der Waals surface area contributed by atoms with E-state index in [0.29, 0.717) is 5.56 Å². The monoisotopic (exact) mass is 912 g/mol. The highest BCUT2D eigenvalue weighted by molar-refractivity contribution is 5.69. The Kier molecular flexibility index (Phi) is 16.3. The molecule has 64 heavy (non-hydrogen) atoms. The summed E-state index contributed by atoms with van der Waals surface area (Å²) in [6, 6.07) is 8.97.